The molecule has 7 heteroatoms. The molecule has 0 aromatic rings. The topological polar surface area (TPSA) is 93.1 Å². The van der Waals surface area contributed by atoms with Gasteiger partial charge >= 0.3 is 21.9 Å². The molecule has 0 saturated carbocycles. The second-order valence-corrected chi connectivity index (χ2v) is 4.27. The molecule has 0 saturated heterocycles. The smallest absolute Gasteiger partial charge is 0.330 e. The van der Waals surface area contributed by atoms with Crippen LogP contribution in [-0.4, -0.2) is 44.1 Å². The summed E-state index contributed by atoms with van der Waals surface area (Å²) >= 11 is 0. The largest absolute Gasteiger partial charge is 0.478 e. The summed E-state index contributed by atoms with van der Waals surface area (Å²) in [6.45, 7) is 11.6. The van der Waals surface area contributed by atoms with E-state index >= 15 is 0 Å². The van der Waals surface area contributed by atoms with E-state index in [2.05, 4.69) is 13.2 Å². The van der Waals surface area contributed by atoms with Crippen LogP contribution in [0.1, 0.15) is 27.2 Å². The van der Waals surface area contributed by atoms with Gasteiger partial charge in [-0.15, -0.1) is 0 Å². The number of carboxylic acids is 1. The van der Waals surface area contributed by atoms with E-state index in [0.29, 0.717) is 6.42 Å². The third-order valence-electron chi connectivity index (χ3n) is 2.06. The Labute approximate surface area is 115 Å². The molecule has 0 spiro atoms. The highest BCUT2D eigenvalue weighted by atomic mass is 28.2. The highest BCUT2D eigenvalue weighted by Gasteiger charge is 2.18. The molecule has 19 heavy (non-hydrogen) atoms. The fourth-order valence-corrected chi connectivity index (χ4v) is 1.38. The van der Waals surface area contributed by atoms with Crippen LogP contribution in [0.5, 0.6) is 0 Å². The minimum absolute atomic E-state index is 0.176. The lowest BCUT2D eigenvalue weighted by molar-refractivity contribution is -0.147. The highest BCUT2D eigenvalue weighted by Crippen LogP contribution is 2.07. The maximum absolute atomic E-state index is 10.8. The summed E-state index contributed by atoms with van der Waals surface area (Å²) in [5.41, 5.74) is 0.176. The first kappa shape index (κ1) is 19.9. The lowest BCUT2D eigenvalue weighted by atomic mass is 10.2. The van der Waals surface area contributed by atoms with Gasteiger partial charge in [-0.2, -0.15) is 0 Å². The number of esters is 1. The van der Waals surface area contributed by atoms with Crippen molar-refractivity contribution in [3.8, 4) is 0 Å². The number of rotatable bonds is 7. The number of carbonyl (C=O) groups excluding carboxylic acids is 1. The van der Waals surface area contributed by atoms with Crippen LogP contribution in [0.25, 0.3) is 0 Å². The van der Waals surface area contributed by atoms with Gasteiger partial charge in [0, 0.05) is 11.6 Å². The summed E-state index contributed by atoms with van der Waals surface area (Å²) in [6, 6.07) is 0. The van der Waals surface area contributed by atoms with Crippen molar-refractivity contribution in [2.24, 2.45) is 0 Å². The van der Waals surface area contributed by atoms with Gasteiger partial charge in [-0.3, -0.25) is 0 Å². The highest BCUT2D eigenvalue weighted by molar-refractivity contribution is 6.15. The molecule has 2 N–H and O–H groups in total. The van der Waals surface area contributed by atoms with Gasteiger partial charge in [-0.1, -0.05) is 20.1 Å². The lowest BCUT2D eigenvalue weighted by Gasteiger charge is -2.21. The molecule has 0 aliphatic rings. The van der Waals surface area contributed by atoms with Gasteiger partial charge in [0.15, 0.2) is 0 Å². The van der Waals surface area contributed by atoms with E-state index in [1.165, 1.54) is 6.92 Å². The molecule has 0 rings (SSSR count). The van der Waals surface area contributed by atoms with E-state index in [9.17, 15) is 9.59 Å². The van der Waals surface area contributed by atoms with Crippen LogP contribution in [0, 0.1) is 0 Å². The predicted octanol–water partition coefficient (Wildman–Crippen LogP) is 0.537. The Morgan fingerprint density at radius 2 is 1.95 bits per heavy atom. The van der Waals surface area contributed by atoms with Gasteiger partial charge in [-0.05, 0) is 20.3 Å². The Kier molecular flexibility index (Phi) is 12.2. The average Bonchev–Trinajstić information content (AvgIpc) is 2.36. The average molecular weight is 290 g/mol. The minimum atomic E-state index is -1.44. The van der Waals surface area contributed by atoms with E-state index in [1.807, 2.05) is 6.92 Å². The summed E-state index contributed by atoms with van der Waals surface area (Å²) < 4.78 is 10.0. The fourth-order valence-electron chi connectivity index (χ4n) is 0.933. The van der Waals surface area contributed by atoms with Crippen molar-refractivity contribution in [2.45, 2.75) is 39.4 Å². The van der Waals surface area contributed by atoms with Crippen molar-refractivity contribution < 1.29 is 28.7 Å². The second kappa shape index (κ2) is 11.6. The molecule has 0 radical (unpaired) electrons. The van der Waals surface area contributed by atoms with E-state index in [0.717, 1.165) is 6.08 Å². The first-order chi connectivity index (χ1) is 8.79. The van der Waals surface area contributed by atoms with Gasteiger partial charge < -0.3 is 19.1 Å². The van der Waals surface area contributed by atoms with Crippen LogP contribution in [0.4, 0.5) is 0 Å². The van der Waals surface area contributed by atoms with Crippen LogP contribution < -0.4 is 0 Å². The Morgan fingerprint density at radius 1 is 1.47 bits per heavy atom. The Morgan fingerprint density at radius 3 is 2.21 bits per heavy atom. The van der Waals surface area contributed by atoms with Crippen molar-refractivity contribution >= 4 is 21.9 Å². The van der Waals surface area contributed by atoms with Gasteiger partial charge in [0.25, 0.3) is 0 Å². The summed E-state index contributed by atoms with van der Waals surface area (Å²) in [7, 11) is -1.44. The van der Waals surface area contributed by atoms with Crippen molar-refractivity contribution in [2.75, 3.05) is 0 Å². The molecule has 110 valence electrons. The molecule has 6 nitrogen and oxygen atoms in total. The molecule has 0 aromatic heterocycles. The predicted molar refractivity (Wildman–Crippen MR) is 74.1 cm³/mol. The van der Waals surface area contributed by atoms with E-state index in [-0.39, 0.29) is 17.8 Å². The molecule has 2 unspecified atom stereocenters. The zero-order chi connectivity index (χ0) is 15.4. The summed E-state index contributed by atoms with van der Waals surface area (Å²) in [5.74, 6) is -1.39. The Balaban J connectivity index is 0. The third kappa shape index (κ3) is 11.4. The molecule has 0 aromatic carbocycles. The number of hydrogen-bond acceptors (Lipinski definition) is 5. The van der Waals surface area contributed by atoms with E-state index in [4.69, 9.17) is 19.1 Å². The summed E-state index contributed by atoms with van der Waals surface area (Å²) in [5, 5.41) is 7.89. The SMILES string of the molecule is C=C(C)C(=O)O.C=CC(=O)OC(CC)C(C)O[SiH2]O. The zero-order valence-corrected chi connectivity index (χ0v) is 13.0. The molecule has 0 fully saturated rings. The van der Waals surface area contributed by atoms with Gasteiger partial charge in [-0.25, -0.2) is 9.59 Å². The van der Waals surface area contributed by atoms with Gasteiger partial charge in [0.1, 0.15) is 6.10 Å². The quantitative estimate of drug-likeness (QED) is 0.404. The maximum Gasteiger partial charge on any atom is 0.330 e. The number of carbonyl (C=O) groups is 2. The Hall–Kier alpha value is -1.44. The monoisotopic (exact) mass is 290 g/mol. The molecule has 0 heterocycles. The van der Waals surface area contributed by atoms with Crippen molar-refractivity contribution in [1.82, 2.24) is 0 Å². The van der Waals surface area contributed by atoms with Crippen LogP contribution in [0.2, 0.25) is 0 Å². The lowest BCUT2D eigenvalue weighted by Crippen LogP contribution is -2.31. The standard InChI is InChI=1S/C8H16O4Si.C4H6O2/c1-4-7(6(3)12-13-10)11-8(9)5-2;1-3(2)4(5)6/h5-7,10H,2,4,13H2,1,3H3;1H2,2H3,(H,5,6). The van der Waals surface area contributed by atoms with Crippen LogP contribution in [0.15, 0.2) is 24.8 Å². The second-order valence-electron chi connectivity index (χ2n) is 3.67. The molecular formula is C12H22O6Si. The van der Waals surface area contributed by atoms with E-state index < -0.39 is 21.9 Å². The first-order valence-corrected chi connectivity index (χ1v) is 6.95. The molecular weight excluding hydrogens is 268 g/mol. The third-order valence-corrected chi connectivity index (χ3v) is 2.74. The summed E-state index contributed by atoms with van der Waals surface area (Å²) in [4.78, 5) is 29.1. The molecule has 0 amide bonds. The first-order valence-electron chi connectivity index (χ1n) is 5.74. The number of hydrogen-bond donors (Lipinski definition) is 2. The molecule has 0 aliphatic heterocycles. The Bertz CT molecular complexity index is 303. The van der Waals surface area contributed by atoms with Crippen LogP contribution in [-0.2, 0) is 18.8 Å². The van der Waals surface area contributed by atoms with Crippen molar-refractivity contribution in [3.63, 3.8) is 0 Å². The number of ether oxygens (including phenoxy) is 1. The van der Waals surface area contributed by atoms with Gasteiger partial charge in [0.05, 0.1) is 6.10 Å². The number of aliphatic carboxylic acids is 1. The fraction of sp³-hybridized carbons (Fsp3) is 0.500. The normalized spacial score (nSPS) is 13.1. The molecule has 0 bridgehead atoms. The van der Waals surface area contributed by atoms with Crippen molar-refractivity contribution in [3.05, 3.63) is 24.8 Å². The van der Waals surface area contributed by atoms with E-state index in [1.54, 1.807) is 6.92 Å². The summed E-state index contributed by atoms with van der Waals surface area (Å²) in [6.07, 6.45) is 1.23. The van der Waals surface area contributed by atoms with Gasteiger partial charge in [0.2, 0.25) is 0 Å². The van der Waals surface area contributed by atoms with Crippen LogP contribution in [0.3, 0.4) is 0 Å². The minimum Gasteiger partial charge on any atom is -0.478 e. The maximum atomic E-state index is 10.8. The zero-order valence-electron chi connectivity index (χ0n) is 11.6. The molecule has 0 aliphatic carbocycles. The van der Waals surface area contributed by atoms with Crippen molar-refractivity contribution in [1.29, 1.82) is 0 Å². The van der Waals surface area contributed by atoms with Crippen LogP contribution >= 0.6 is 0 Å². The molecule has 2 atom stereocenters. The number of carboxylic acid groups (broad SMARTS) is 1.